The van der Waals surface area contributed by atoms with Gasteiger partial charge in [-0.25, -0.2) is 0 Å². The molecule has 0 saturated carbocycles. The Bertz CT molecular complexity index is 267. The largest absolute Gasteiger partial charge is 0.479 e. The van der Waals surface area contributed by atoms with Crippen LogP contribution in [-0.2, 0) is 0 Å². The predicted molar refractivity (Wildman–Crippen MR) is 31.1 cm³/mol. The average Bonchev–Trinajstić information content (AvgIpc) is 2.04. The Hall–Kier alpha value is -1.70. The van der Waals surface area contributed by atoms with Gasteiger partial charge in [0.15, 0.2) is 0 Å². The Morgan fingerprint density at radius 2 is 2.50 bits per heavy atom. The zero-order valence-corrected chi connectivity index (χ0v) is 5.27. The SMILES string of the molecule is COc1ncnnc1C#N. The fourth-order valence-electron chi connectivity index (χ4n) is 0.485. The normalized spacial score (nSPS) is 8.40. The van der Waals surface area contributed by atoms with Gasteiger partial charge in [0.25, 0.3) is 5.88 Å². The summed E-state index contributed by atoms with van der Waals surface area (Å²) in [7, 11) is 1.42. The van der Waals surface area contributed by atoms with Gasteiger partial charge in [0.05, 0.1) is 7.11 Å². The van der Waals surface area contributed by atoms with Crippen LogP contribution in [0, 0.1) is 11.3 Å². The van der Waals surface area contributed by atoms with Crippen molar-refractivity contribution in [3.8, 4) is 11.9 Å². The van der Waals surface area contributed by atoms with Gasteiger partial charge in [-0.05, 0) is 0 Å². The van der Waals surface area contributed by atoms with Crippen molar-refractivity contribution in [2.45, 2.75) is 0 Å². The first-order valence-corrected chi connectivity index (χ1v) is 2.50. The molecule has 0 spiro atoms. The molecule has 50 valence electrons. The summed E-state index contributed by atoms with van der Waals surface area (Å²) >= 11 is 0. The van der Waals surface area contributed by atoms with Gasteiger partial charge in [-0.3, -0.25) is 0 Å². The van der Waals surface area contributed by atoms with Crippen LogP contribution in [0.3, 0.4) is 0 Å². The van der Waals surface area contributed by atoms with Gasteiger partial charge in [0.1, 0.15) is 12.4 Å². The molecule has 10 heavy (non-hydrogen) atoms. The van der Waals surface area contributed by atoms with Crippen molar-refractivity contribution in [2.75, 3.05) is 7.11 Å². The number of aromatic nitrogens is 3. The first-order chi connectivity index (χ1) is 4.88. The third-order valence-electron chi connectivity index (χ3n) is 0.886. The van der Waals surface area contributed by atoms with E-state index in [0.29, 0.717) is 0 Å². The molecule has 1 aromatic rings. The van der Waals surface area contributed by atoms with Crippen molar-refractivity contribution in [2.24, 2.45) is 0 Å². The highest BCUT2D eigenvalue weighted by Gasteiger charge is 2.02. The molecule has 0 saturated heterocycles. The molecule has 1 rings (SSSR count). The van der Waals surface area contributed by atoms with E-state index in [9.17, 15) is 0 Å². The van der Waals surface area contributed by atoms with Crippen molar-refractivity contribution in [3.05, 3.63) is 12.0 Å². The summed E-state index contributed by atoms with van der Waals surface area (Å²) in [6, 6.07) is 1.79. The second-order valence-electron chi connectivity index (χ2n) is 1.43. The molecule has 1 heterocycles. The van der Waals surface area contributed by atoms with Gasteiger partial charge < -0.3 is 4.74 Å². The van der Waals surface area contributed by atoms with Crippen LogP contribution in [0.5, 0.6) is 5.88 Å². The van der Waals surface area contributed by atoms with Crippen molar-refractivity contribution < 1.29 is 4.74 Å². The lowest BCUT2D eigenvalue weighted by Gasteiger charge is -1.95. The van der Waals surface area contributed by atoms with E-state index in [2.05, 4.69) is 15.2 Å². The number of rotatable bonds is 1. The number of nitriles is 1. The lowest BCUT2D eigenvalue weighted by Crippen LogP contribution is -1.95. The second-order valence-corrected chi connectivity index (χ2v) is 1.43. The Labute approximate surface area is 57.3 Å². The van der Waals surface area contributed by atoms with Gasteiger partial charge in [0.2, 0.25) is 5.69 Å². The minimum absolute atomic E-state index is 0.102. The third kappa shape index (κ3) is 1.00. The van der Waals surface area contributed by atoms with Crippen LogP contribution in [0.2, 0.25) is 0 Å². The monoisotopic (exact) mass is 136 g/mol. The molecular weight excluding hydrogens is 132 g/mol. The van der Waals surface area contributed by atoms with Gasteiger partial charge in [0, 0.05) is 0 Å². The third-order valence-corrected chi connectivity index (χ3v) is 0.886. The molecule has 0 aliphatic heterocycles. The molecule has 5 nitrogen and oxygen atoms in total. The summed E-state index contributed by atoms with van der Waals surface area (Å²) in [5, 5.41) is 15.2. The fraction of sp³-hybridized carbons (Fsp3) is 0.200. The number of hydrogen-bond donors (Lipinski definition) is 0. The van der Waals surface area contributed by atoms with Crippen molar-refractivity contribution >= 4 is 0 Å². The molecule has 0 aromatic carbocycles. The minimum atomic E-state index is 0.102. The molecule has 0 aliphatic carbocycles. The van der Waals surface area contributed by atoms with Gasteiger partial charge >= 0.3 is 0 Å². The van der Waals surface area contributed by atoms with Crippen LogP contribution in [0.15, 0.2) is 6.33 Å². The lowest BCUT2D eigenvalue weighted by molar-refractivity contribution is 0.391. The van der Waals surface area contributed by atoms with Crippen molar-refractivity contribution in [1.29, 1.82) is 5.26 Å². The van der Waals surface area contributed by atoms with E-state index in [1.165, 1.54) is 13.4 Å². The molecule has 0 amide bonds. The Balaban J connectivity index is 3.12. The minimum Gasteiger partial charge on any atom is -0.479 e. The van der Waals surface area contributed by atoms with E-state index in [4.69, 9.17) is 10.00 Å². The highest BCUT2D eigenvalue weighted by Crippen LogP contribution is 2.05. The van der Waals surface area contributed by atoms with Crippen molar-refractivity contribution in [3.63, 3.8) is 0 Å². The Morgan fingerprint density at radius 3 is 3.00 bits per heavy atom. The van der Waals surface area contributed by atoms with Gasteiger partial charge in [-0.15, -0.1) is 10.2 Å². The predicted octanol–water partition coefficient (Wildman–Crippen LogP) is -0.248. The quantitative estimate of drug-likeness (QED) is 0.532. The van der Waals surface area contributed by atoms with E-state index < -0.39 is 0 Å². The van der Waals surface area contributed by atoms with E-state index in [0.717, 1.165) is 0 Å². The zero-order valence-electron chi connectivity index (χ0n) is 5.27. The number of nitrogens with zero attached hydrogens (tertiary/aromatic N) is 4. The average molecular weight is 136 g/mol. The summed E-state index contributed by atoms with van der Waals surface area (Å²) in [5.74, 6) is 0.206. The molecule has 0 atom stereocenters. The Morgan fingerprint density at radius 1 is 1.70 bits per heavy atom. The van der Waals surface area contributed by atoms with Crippen LogP contribution in [-0.4, -0.2) is 22.3 Å². The summed E-state index contributed by atoms with van der Waals surface area (Å²) in [6.45, 7) is 0. The zero-order chi connectivity index (χ0) is 7.40. The summed E-state index contributed by atoms with van der Waals surface area (Å²) in [4.78, 5) is 3.65. The first-order valence-electron chi connectivity index (χ1n) is 2.50. The topological polar surface area (TPSA) is 71.7 Å². The van der Waals surface area contributed by atoms with Gasteiger partial charge in [-0.2, -0.15) is 10.2 Å². The standard InChI is InChI=1S/C5H4N4O/c1-10-5-4(2-6)9-8-3-7-5/h3H,1H3. The van der Waals surface area contributed by atoms with E-state index >= 15 is 0 Å². The molecule has 0 radical (unpaired) electrons. The van der Waals surface area contributed by atoms with Crippen LogP contribution >= 0.6 is 0 Å². The lowest BCUT2D eigenvalue weighted by atomic mass is 10.5. The maximum atomic E-state index is 8.38. The smallest absolute Gasteiger partial charge is 0.254 e. The molecule has 1 aromatic heterocycles. The van der Waals surface area contributed by atoms with E-state index in [-0.39, 0.29) is 11.6 Å². The van der Waals surface area contributed by atoms with Crippen LogP contribution < -0.4 is 4.74 Å². The maximum Gasteiger partial charge on any atom is 0.254 e. The van der Waals surface area contributed by atoms with E-state index in [1.807, 2.05) is 0 Å². The highest BCUT2D eigenvalue weighted by atomic mass is 16.5. The number of methoxy groups -OCH3 is 1. The molecule has 0 fully saturated rings. The molecule has 0 unspecified atom stereocenters. The summed E-state index contributed by atoms with van der Waals surface area (Å²) in [5.41, 5.74) is 0.102. The van der Waals surface area contributed by atoms with Crippen LogP contribution in [0.1, 0.15) is 5.69 Å². The van der Waals surface area contributed by atoms with Crippen LogP contribution in [0.25, 0.3) is 0 Å². The summed E-state index contributed by atoms with van der Waals surface area (Å²) < 4.78 is 4.70. The molecule has 0 aliphatic rings. The van der Waals surface area contributed by atoms with Gasteiger partial charge in [-0.1, -0.05) is 0 Å². The number of hydrogen-bond acceptors (Lipinski definition) is 5. The summed E-state index contributed by atoms with van der Waals surface area (Å²) in [6.07, 6.45) is 1.22. The fourth-order valence-corrected chi connectivity index (χ4v) is 0.485. The van der Waals surface area contributed by atoms with Crippen molar-refractivity contribution in [1.82, 2.24) is 15.2 Å². The highest BCUT2D eigenvalue weighted by molar-refractivity contribution is 5.28. The van der Waals surface area contributed by atoms with Crippen LogP contribution in [0.4, 0.5) is 0 Å². The second kappa shape index (κ2) is 2.73. The molecule has 0 bridgehead atoms. The molecular formula is C5H4N4O. The van der Waals surface area contributed by atoms with E-state index in [1.54, 1.807) is 6.07 Å². The Kier molecular flexibility index (Phi) is 1.75. The molecule has 5 heteroatoms. The number of ether oxygens (including phenoxy) is 1. The maximum absolute atomic E-state index is 8.38. The first kappa shape index (κ1) is 6.42. The molecule has 0 N–H and O–H groups in total.